The maximum atomic E-state index is 12.4. The minimum atomic E-state index is -0.146. The second-order valence-corrected chi connectivity index (χ2v) is 6.29. The number of nitrogens with one attached hydrogen (secondary N) is 1. The first kappa shape index (κ1) is 17.2. The molecule has 5 heteroatoms. The Morgan fingerprint density at radius 3 is 2.56 bits per heavy atom. The van der Waals surface area contributed by atoms with E-state index >= 15 is 0 Å². The molecule has 0 saturated carbocycles. The third kappa shape index (κ3) is 4.94. The molecule has 0 aliphatic carbocycles. The van der Waals surface area contributed by atoms with E-state index in [0.29, 0.717) is 23.9 Å². The molecule has 3 rings (SSSR count). The van der Waals surface area contributed by atoms with Gasteiger partial charge in [0.15, 0.2) is 5.82 Å². The predicted molar refractivity (Wildman–Crippen MR) is 99.9 cm³/mol. The molecule has 128 valence electrons. The Morgan fingerprint density at radius 2 is 1.80 bits per heavy atom. The van der Waals surface area contributed by atoms with Gasteiger partial charge in [-0.3, -0.25) is 4.79 Å². The third-order valence-electron chi connectivity index (χ3n) is 3.96. The smallest absolute Gasteiger partial charge is 0.287 e. The van der Waals surface area contributed by atoms with Crippen LogP contribution >= 0.6 is 11.6 Å². The van der Waals surface area contributed by atoms with Crippen molar-refractivity contribution in [2.75, 3.05) is 6.54 Å². The number of hydrogen-bond acceptors (Lipinski definition) is 2. The number of hydrogen-bond donors (Lipinski definition) is 1. The van der Waals surface area contributed by atoms with Gasteiger partial charge in [-0.1, -0.05) is 54.1 Å². The lowest BCUT2D eigenvalue weighted by Crippen LogP contribution is -2.28. The van der Waals surface area contributed by atoms with Crippen molar-refractivity contribution in [2.45, 2.75) is 19.4 Å². The van der Waals surface area contributed by atoms with Gasteiger partial charge in [0.05, 0.1) is 0 Å². The zero-order valence-electron chi connectivity index (χ0n) is 13.9. The number of nitrogens with zero attached hydrogens (tertiary/aromatic N) is 2. The standard InChI is InChI=1S/C20H20ClN3O/c21-18-10-8-17(9-11-18)15-24-14-13-22-19(24)20(25)23-12-4-7-16-5-2-1-3-6-16/h1-3,5-6,8-11,13-14H,4,7,12,15H2,(H,23,25). The lowest BCUT2D eigenvalue weighted by atomic mass is 10.1. The van der Waals surface area contributed by atoms with Gasteiger partial charge in [-0.2, -0.15) is 0 Å². The normalized spacial score (nSPS) is 10.6. The molecule has 1 heterocycles. The number of aryl methyl sites for hydroxylation is 1. The second-order valence-electron chi connectivity index (χ2n) is 5.85. The largest absolute Gasteiger partial charge is 0.349 e. The molecule has 2 aromatic carbocycles. The van der Waals surface area contributed by atoms with E-state index < -0.39 is 0 Å². The number of carbonyl (C=O) groups is 1. The van der Waals surface area contributed by atoms with E-state index in [1.54, 1.807) is 6.20 Å². The molecule has 4 nitrogen and oxygen atoms in total. The third-order valence-corrected chi connectivity index (χ3v) is 4.21. The van der Waals surface area contributed by atoms with E-state index in [4.69, 9.17) is 11.6 Å². The maximum absolute atomic E-state index is 12.4. The first-order valence-electron chi connectivity index (χ1n) is 8.30. The molecule has 0 radical (unpaired) electrons. The van der Waals surface area contributed by atoms with Crippen LogP contribution in [0.4, 0.5) is 0 Å². The first-order valence-corrected chi connectivity index (χ1v) is 8.68. The van der Waals surface area contributed by atoms with Crippen molar-refractivity contribution < 1.29 is 4.79 Å². The summed E-state index contributed by atoms with van der Waals surface area (Å²) in [4.78, 5) is 16.6. The van der Waals surface area contributed by atoms with Crippen LogP contribution in [-0.2, 0) is 13.0 Å². The van der Waals surface area contributed by atoms with Crippen LogP contribution in [0.15, 0.2) is 67.0 Å². The summed E-state index contributed by atoms with van der Waals surface area (Å²) in [5, 5.41) is 3.65. The number of benzene rings is 2. The fourth-order valence-electron chi connectivity index (χ4n) is 2.65. The molecule has 25 heavy (non-hydrogen) atoms. The molecule has 0 aliphatic rings. The zero-order chi connectivity index (χ0) is 17.5. The summed E-state index contributed by atoms with van der Waals surface area (Å²) in [7, 11) is 0. The van der Waals surface area contributed by atoms with E-state index in [-0.39, 0.29) is 5.91 Å². The van der Waals surface area contributed by atoms with Gasteiger partial charge in [0.2, 0.25) is 0 Å². The highest BCUT2D eigenvalue weighted by molar-refractivity contribution is 6.30. The Morgan fingerprint density at radius 1 is 1.04 bits per heavy atom. The van der Waals surface area contributed by atoms with Gasteiger partial charge in [0.25, 0.3) is 5.91 Å². The van der Waals surface area contributed by atoms with Crippen LogP contribution in [0.2, 0.25) is 5.02 Å². The summed E-state index contributed by atoms with van der Waals surface area (Å²) in [6, 6.07) is 17.8. The van der Waals surface area contributed by atoms with Gasteiger partial charge in [0.1, 0.15) is 0 Å². The van der Waals surface area contributed by atoms with Gasteiger partial charge >= 0.3 is 0 Å². The molecular formula is C20H20ClN3O. The first-order chi connectivity index (χ1) is 12.2. The van der Waals surface area contributed by atoms with Crippen LogP contribution in [0.25, 0.3) is 0 Å². The summed E-state index contributed by atoms with van der Waals surface area (Å²) in [6.45, 7) is 1.21. The second kappa shape index (κ2) is 8.49. The average molecular weight is 354 g/mol. The minimum absolute atomic E-state index is 0.146. The zero-order valence-corrected chi connectivity index (χ0v) is 14.6. The van der Waals surface area contributed by atoms with Crippen molar-refractivity contribution in [3.8, 4) is 0 Å². The van der Waals surface area contributed by atoms with E-state index in [1.807, 2.05) is 53.2 Å². The molecular weight excluding hydrogens is 334 g/mol. The van der Waals surface area contributed by atoms with Gasteiger partial charge in [-0.05, 0) is 36.1 Å². The van der Waals surface area contributed by atoms with Crippen molar-refractivity contribution in [1.82, 2.24) is 14.9 Å². The lowest BCUT2D eigenvalue weighted by Gasteiger charge is -2.09. The minimum Gasteiger partial charge on any atom is -0.349 e. The molecule has 3 aromatic rings. The van der Waals surface area contributed by atoms with Gasteiger partial charge < -0.3 is 9.88 Å². The maximum Gasteiger partial charge on any atom is 0.287 e. The summed E-state index contributed by atoms with van der Waals surface area (Å²) in [6.07, 6.45) is 5.30. The van der Waals surface area contributed by atoms with Gasteiger partial charge in [0, 0.05) is 30.5 Å². The summed E-state index contributed by atoms with van der Waals surface area (Å²) < 4.78 is 1.84. The van der Waals surface area contributed by atoms with E-state index in [1.165, 1.54) is 5.56 Å². The number of amides is 1. The Bertz CT molecular complexity index is 812. The van der Waals surface area contributed by atoms with Crippen molar-refractivity contribution in [3.05, 3.63) is 89.0 Å². The average Bonchev–Trinajstić information content (AvgIpc) is 3.10. The fraction of sp³-hybridized carbons (Fsp3) is 0.200. The van der Waals surface area contributed by atoms with Crippen molar-refractivity contribution in [2.24, 2.45) is 0 Å². The number of halogens is 1. The number of imidazole rings is 1. The van der Waals surface area contributed by atoms with Crippen molar-refractivity contribution >= 4 is 17.5 Å². The summed E-state index contributed by atoms with van der Waals surface area (Å²) in [5.41, 5.74) is 2.35. The van der Waals surface area contributed by atoms with Crippen LogP contribution in [0.1, 0.15) is 28.2 Å². The molecule has 0 unspecified atom stereocenters. The van der Waals surface area contributed by atoms with E-state index in [2.05, 4.69) is 22.4 Å². The molecule has 0 bridgehead atoms. The SMILES string of the molecule is O=C(NCCCc1ccccc1)c1nccn1Cc1ccc(Cl)cc1. The Balaban J connectivity index is 1.52. The lowest BCUT2D eigenvalue weighted by molar-refractivity contribution is 0.0939. The molecule has 0 atom stereocenters. The van der Waals surface area contributed by atoms with Gasteiger partial charge in [-0.25, -0.2) is 4.98 Å². The monoisotopic (exact) mass is 353 g/mol. The van der Waals surface area contributed by atoms with Crippen LogP contribution < -0.4 is 5.32 Å². The van der Waals surface area contributed by atoms with E-state index in [9.17, 15) is 4.79 Å². The quantitative estimate of drug-likeness (QED) is 0.654. The number of aromatic nitrogens is 2. The Labute approximate surface area is 152 Å². The molecule has 1 aromatic heterocycles. The molecule has 0 fully saturated rings. The van der Waals surface area contributed by atoms with Gasteiger partial charge in [-0.15, -0.1) is 0 Å². The summed E-state index contributed by atoms with van der Waals surface area (Å²) in [5.74, 6) is 0.279. The van der Waals surface area contributed by atoms with Crippen LogP contribution in [-0.4, -0.2) is 22.0 Å². The van der Waals surface area contributed by atoms with Crippen LogP contribution in [0.3, 0.4) is 0 Å². The highest BCUT2D eigenvalue weighted by Crippen LogP contribution is 2.11. The molecule has 0 saturated heterocycles. The predicted octanol–water partition coefficient (Wildman–Crippen LogP) is 3.95. The highest BCUT2D eigenvalue weighted by atomic mass is 35.5. The molecule has 1 amide bonds. The number of carbonyl (C=O) groups excluding carboxylic acids is 1. The Hall–Kier alpha value is -2.59. The van der Waals surface area contributed by atoms with Crippen LogP contribution in [0, 0.1) is 0 Å². The van der Waals surface area contributed by atoms with Crippen LogP contribution in [0.5, 0.6) is 0 Å². The topological polar surface area (TPSA) is 46.9 Å². The van der Waals surface area contributed by atoms with E-state index in [0.717, 1.165) is 18.4 Å². The number of rotatable bonds is 7. The highest BCUT2D eigenvalue weighted by Gasteiger charge is 2.12. The molecule has 1 N–H and O–H groups in total. The fourth-order valence-corrected chi connectivity index (χ4v) is 2.78. The molecule has 0 spiro atoms. The summed E-state index contributed by atoms with van der Waals surface area (Å²) >= 11 is 5.91. The van der Waals surface area contributed by atoms with Crippen molar-refractivity contribution in [1.29, 1.82) is 0 Å². The van der Waals surface area contributed by atoms with Crippen molar-refractivity contribution in [3.63, 3.8) is 0 Å². The Kier molecular flexibility index (Phi) is 5.86. The molecule has 0 aliphatic heterocycles.